The van der Waals surface area contributed by atoms with Crippen LogP contribution in [-0.2, 0) is 13.6 Å². The van der Waals surface area contributed by atoms with Gasteiger partial charge in [0.05, 0.1) is 10.2 Å². The lowest BCUT2D eigenvalue weighted by atomic mass is 10.00. The van der Waals surface area contributed by atoms with Crippen LogP contribution in [0.2, 0.25) is 0 Å². The molecule has 0 fully saturated rings. The summed E-state index contributed by atoms with van der Waals surface area (Å²) in [5.41, 5.74) is 1.69. The van der Waals surface area contributed by atoms with Crippen LogP contribution >= 0.6 is 11.3 Å². The van der Waals surface area contributed by atoms with Gasteiger partial charge in [0.25, 0.3) is 5.56 Å². The van der Waals surface area contributed by atoms with Crippen molar-refractivity contribution in [3.63, 3.8) is 0 Å². The maximum Gasteiger partial charge on any atom is 0.308 e. The third-order valence-corrected chi connectivity index (χ3v) is 4.77. The lowest BCUT2D eigenvalue weighted by Crippen LogP contribution is -2.20. The summed E-state index contributed by atoms with van der Waals surface area (Å²) in [5, 5.41) is 2.70. The number of nitrogens with zero attached hydrogens (tertiary/aromatic N) is 2. The van der Waals surface area contributed by atoms with Crippen molar-refractivity contribution in [2.45, 2.75) is 20.4 Å². The highest BCUT2D eigenvalue weighted by Crippen LogP contribution is 2.25. The monoisotopic (exact) mass is 317 g/mol. The van der Waals surface area contributed by atoms with Gasteiger partial charge in [0.2, 0.25) is 5.78 Å². The number of rotatable bonds is 3. The summed E-state index contributed by atoms with van der Waals surface area (Å²) < 4.78 is 3.76. The number of aryl methyl sites for hydroxylation is 3. The second kappa shape index (κ2) is 5.10. The van der Waals surface area contributed by atoms with Crippen LogP contribution in [0.4, 0.5) is 0 Å². The molecule has 0 bridgehead atoms. The van der Waals surface area contributed by atoms with Gasteiger partial charge in [-0.2, -0.15) is 0 Å². The Hall–Kier alpha value is -2.41. The average molecular weight is 317 g/mol. The van der Waals surface area contributed by atoms with Crippen LogP contribution in [0.15, 0.2) is 27.9 Å². The highest BCUT2D eigenvalue weighted by atomic mass is 32.1. The summed E-state index contributed by atoms with van der Waals surface area (Å²) in [7, 11) is 1.56. The minimum absolute atomic E-state index is 0.0391. The van der Waals surface area contributed by atoms with Crippen LogP contribution in [0.1, 0.15) is 28.4 Å². The molecule has 2 aromatic heterocycles. The smallest absolute Gasteiger partial charge is 0.302 e. The molecule has 0 amide bonds. The van der Waals surface area contributed by atoms with Crippen LogP contribution in [0.5, 0.6) is 0 Å². The van der Waals surface area contributed by atoms with E-state index in [1.165, 1.54) is 22.2 Å². The number of carbonyl (C=O) groups is 1. The molecule has 0 atom stereocenters. The van der Waals surface area contributed by atoms with E-state index in [0.717, 1.165) is 15.8 Å². The van der Waals surface area contributed by atoms with Gasteiger partial charge in [0.1, 0.15) is 5.56 Å². The third-order valence-electron chi connectivity index (χ3n) is 3.82. The molecule has 0 aliphatic carbocycles. The number of ketones is 1. The molecule has 22 heavy (non-hydrogen) atoms. The van der Waals surface area contributed by atoms with Crippen LogP contribution in [-0.4, -0.2) is 20.1 Å². The highest BCUT2D eigenvalue weighted by Gasteiger charge is 2.20. The molecule has 3 rings (SSSR count). The molecule has 7 heteroatoms. The lowest BCUT2D eigenvalue weighted by Gasteiger charge is -2.07. The van der Waals surface area contributed by atoms with E-state index in [-0.39, 0.29) is 21.8 Å². The molecule has 6 nitrogen and oxygen atoms in total. The number of hydrogen-bond donors (Lipinski definition) is 1. The van der Waals surface area contributed by atoms with Gasteiger partial charge in [0.15, 0.2) is 0 Å². The normalized spacial score (nSPS) is 11.2. The molecule has 1 aromatic carbocycles. The van der Waals surface area contributed by atoms with Gasteiger partial charge in [-0.3, -0.25) is 23.6 Å². The number of nitrogens with one attached hydrogen (secondary N) is 1. The summed E-state index contributed by atoms with van der Waals surface area (Å²) in [4.78, 5) is 36.5. The number of carbonyl (C=O) groups excluding carboxylic acids is 1. The molecule has 0 unspecified atom stereocenters. The predicted molar refractivity (Wildman–Crippen MR) is 86.0 cm³/mol. The fraction of sp³-hybridized carbons (Fsp3) is 0.267. The average Bonchev–Trinajstić information content (AvgIpc) is 2.99. The summed E-state index contributed by atoms with van der Waals surface area (Å²) >= 11 is 1.17. The second-order valence-corrected chi connectivity index (χ2v) is 6.07. The van der Waals surface area contributed by atoms with E-state index < -0.39 is 0 Å². The molecule has 0 radical (unpaired) electrons. The first kappa shape index (κ1) is 14.5. The molecule has 114 valence electrons. The van der Waals surface area contributed by atoms with E-state index in [2.05, 4.69) is 5.10 Å². The third kappa shape index (κ3) is 1.97. The van der Waals surface area contributed by atoms with Crippen molar-refractivity contribution >= 4 is 27.3 Å². The minimum Gasteiger partial charge on any atom is -0.302 e. The summed E-state index contributed by atoms with van der Waals surface area (Å²) in [6.07, 6.45) is 1.41. The van der Waals surface area contributed by atoms with Gasteiger partial charge in [-0.05, 0) is 31.5 Å². The van der Waals surface area contributed by atoms with Crippen LogP contribution in [0.3, 0.4) is 0 Å². The molecule has 0 saturated carbocycles. The first-order chi connectivity index (χ1) is 10.5. The Morgan fingerprint density at radius 3 is 2.59 bits per heavy atom. The zero-order chi connectivity index (χ0) is 16.0. The zero-order valence-corrected chi connectivity index (χ0v) is 13.3. The SMILES string of the molecule is CCn1c(=O)sc2ccc(C(=O)c3c[nH]n(C)c3=O)c(C)c21. The molecule has 1 N–H and O–H groups in total. The summed E-state index contributed by atoms with van der Waals surface area (Å²) in [6, 6.07) is 3.45. The highest BCUT2D eigenvalue weighted by molar-refractivity contribution is 7.16. The predicted octanol–water partition coefficient (Wildman–Crippen LogP) is 1.65. The molecule has 0 saturated heterocycles. The number of thiazole rings is 1. The Bertz CT molecular complexity index is 1000. The first-order valence-corrected chi connectivity index (χ1v) is 7.69. The number of aromatic amines is 1. The summed E-state index contributed by atoms with van der Waals surface area (Å²) in [5.74, 6) is -0.331. The molecule has 3 aromatic rings. The van der Waals surface area contributed by atoms with E-state index in [4.69, 9.17) is 0 Å². The zero-order valence-electron chi connectivity index (χ0n) is 12.5. The number of aromatic nitrogens is 3. The van der Waals surface area contributed by atoms with Crippen LogP contribution < -0.4 is 10.4 Å². The number of H-pyrrole nitrogens is 1. The molecule has 2 heterocycles. The van der Waals surface area contributed by atoms with Crippen molar-refractivity contribution in [2.75, 3.05) is 0 Å². The van der Waals surface area contributed by atoms with Gasteiger partial charge in [0, 0.05) is 25.4 Å². The summed E-state index contributed by atoms with van der Waals surface area (Å²) in [6.45, 7) is 4.25. The van der Waals surface area contributed by atoms with Gasteiger partial charge in [-0.1, -0.05) is 11.3 Å². The van der Waals surface area contributed by atoms with Crippen molar-refractivity contribution in [1.29, 1.82) is 0 Å². The van der Waals surface area contributed by atoms with Crippen LogP contribution in [0.25, 0.3) is 10.2 Å². The molecule has 0 spiro atoms. The quantitative estimate of drug-likeness (QED) is 0.746. The largest absolute Gasteiger partial charge is 0.308 e. The Kier molecular flexibility index (Phi) is 3.37. The standard InChI is InChI=1S/C15H15N3O3S/c1-4-18-12-8(2)9(5-6-11(12)22-15(18)21)13(19)10-7-16-17(3)14(10)20/h5-7,16H,4H2,1-3H3. The van der Waals surface area contributed by atoms with Crippen molar-refractivity contribution in [1.82, 2.24) is 14.3 Å². The fourth-order valence-electron chi connectivity index (χ4n) is 2.64. The first-order valence-electron chi connectivity index (χ1n) is 6.87. The maximum absolute atomic E-state index is 12.6. The second-order valence-electron chi connectivity index (χ2n) is 5.08. The van der Waals surface area contributed by atoms with Crippen molar-refractivity contribution < 1.29 is 4.79 Å². The van der Waals surface area contributed by atoms with Gasteiger partial charge in [-0.15, -0.1) is 0 Å². The Morgan fingerprint density at radius 2 is 2.00 bits per heavy atom. The van der Waals surface area contributed by atoms with E-state index in [1.54, 1.807) is 23.7 Å². The van der Waals surface area contributed by atoms with Gasteiger partial charge in [-0.25, -0.2) is 0 Å². The van der Waals surface area contributed by atoms with E-state index in [9.17, 15) is 14.4 Å². The molecule has 0 aliphatic rings. The van der Waals surface area contributed by atoms with Gasteiger partial charge < -0.3 is 5.10 Å². The van der Waals surface area contributed by atoms with Crippen molar-refractivity contribution in [3.8, 4) is 0 Å². The number of benzene rings is 1. The van der Waals surface area contributed by atoms with E-state index in [1.807, 2.05) is 13.8 Å². The van der Waals surface area contributed by atoms with Crippen LogP contribution in [0, 0.1) is 6.92 Å². The number of hydrogen-bond acceptors (Lipinski definition) is 4. The molecular weight excluding hydrogens is 302 g/mol. The van der Waals surface area contributed by atoms with Crippen molar-refractivity contribution in [3.05, 3.63) is 55.0 Å². The lowest BCUT2D eigenvalue weighted by molar-refractivity contribution is 0.103. The van der Waals surface area contributed by atoms with Gasteiger partial charge >= 0.3 is 4.87 Å². The topological polar surface area (TPSA) is 76.9 Å². The molecular formula is C15H15N3O3S. The Morgan fingerprint density at radius 1 is 1.27 bits per heavy atom. The molecule has 0 aliphatic heterocycles. The maximum atomic E-state index is 12.6. The Balaban J connectivity index is 2.26. The van der Waals surface area contributed by atoms with E-state index in [0.29, 0.717) is 12.1 Å². The Labute approximate surface area is 129 Å². The fourth-order valence-corrected chi connectivity index (χ4v) is 3.65. The minimum atomic E-state index is -0.359. The van der Waals surface area contributed by atoms with E-state index >= 15 is 0 Å². The number of fused-ring (bicyclic) bond motifs is 1. The van der Waals surface area contributed by atoms with Crippen molar-refractivity contribution in [2.24, 2.45) is 7.05 Å².